The lowest BCUT2D eigenvalue weighted by Crippen LogP contribution is -2.55. The predicted octanol–water partition coefficient (Wildman–Crippen LogP) is 1.23. The molecule has 3 atom stereocenters. The van der Waals surface area contributed by atoms with Crippen molar-refractivity contribution < 1.29 is 22.3 Å². The number of methoxy groups -OCH3 is 1. The molecule has 0 unspecified atom stereocenters. The minimum Gasteiger partial charge on any atom is -0.497 e. The van der Waals surface area contributed by atoms with Crippen LogP contribution < -0.4 is 9.64 Å². The molecule has 0 radical (unpaired) electrons. The van der Waals surface area contributed by atoms with Gasteiger partial charge in [0.1, 0.15) is 16.6 Å². The van der Waals surface area contributed by atoms with Crippen molar-refractivity contribution in [3.05, 3.63) is 48.0 Å². The molecule has 30 heavy (non-hydrogen) atoms. The average molecular weight is 434 g/mol. The second-order valence-electron chi connectivity index (χ2n) is 8.09. The molecule has 0 amide bonds. The van der Waals surface area contributed by atoms with Crippen LogP contribution in [0, 0.1) is 5.82 Å². The molecule has 0 N–H and O–H groups in total. The monoisotopic (exact) mass is 434 g/mol. The summed E-state index contributed by atoms with van der Waals surface area (Å²) in [5.41, 5.74) is 0.240. The molecule has 2 aromatic rings. The van der Waals surface area contributed by atoms with Gasteiger partial charge in [-0.05, 0) is 30.5 Å². The quantitative estimate of drug-likeness (QED) is 0.700. The number of hydrogen-bond acceptors (Lipinski definition) is 7. The van der Waals surface area contributed by atoms with Gasteiger partial charge >= 0.3 is 0 Å². The molecular formula is C20H23FN4O4S. The van der Waals surface area contributed by atoms with Gasteiger partial charge < -0.3 is 14.4 Å². The molecule has 160 valence electrons. The fraction of sp³-hybridized carbons (Fsp3) is 0.500. The topological polar surface area (TPSA) is 84.9 Å². The van der Waals surface area contributed by atoms with Gasteiger partial charge in [0, 0.05) is 19.6 Å². The van der Waals surface area contributed by atoms with Crippen molar-refractivity contribution in [3.8, 4) is 5.75 Å². The Hall–Kier alpha value is -2.30. The first kappa shape index (κ1) is 19.7. The van der Waals surface area contributed by atoms with E-state index in [-0.39, 0.29) is 6.10 Å². The number of aromatic nitrogens is 2. The van der Waals surface area contributed by atoms with Crippen LogP contribution in [-0.2, 0) is 21.2 Å². The molecule has 3 aliphatic heterocycles. The lowest BCUT2D eigenvalue weighted by atomic mass is 9.99. The number of halogens is 1. The van der Waals surface area contributed by atoms with Crippen molar-refractivity contribution in [1.82, 2.24) is 14.3 Å². The maximum absolute atomic E-state index is 13.2. The number of anilines is 1. The molecule has 5 rings (SSSR count). The van der Waals surface area contributed by atoms with Gasteiger partial charge in [0.15, 0.2) is 5.82 Å². The molecule has 1 spiro atoms. The number of benzene rings is 1. The highest BCUT2D eigenvalue weighted by Gasteiger charge is 2.65. The Balaban J connectivity index is 1.33. The molecule has 3 aliphatic rings. The van der Waals surface area contributed by atoms with Crippen LogP contribution in [0.4, 0.5) is 10.3 Å². The summed E-state index contributed by atoms with van der Waals surface area (Å²) in [6, 6.07) is 7.63. The van der Waals surface area contributed by atoms with E-state index < -0.39 is 26.7 Å². The number of ether oxygens (including phenoxy) is 2. The van der Waals surface area contributed by atoms with E-state index in [0.717, 1.165) is 23.7 Å². The van der Waals surface area contributed by atoms with E-state index >= 15 is 0 Å². The Kier molecular flexibility index (Phi) is 4.68. The highest BCUT2D eigenvalue weighted by molar-refractivity contribution is 7.90. The number of fused-ring (bicyclic) bond motifs is 1. The minimum atomic E-state index is -3.47. The van der Waals surface area contributed by atoms with Gasteiger partial charge in [-0.3, -0.25) is 0 Å². The number of sulfonamides is 1. The maximum atomic E-state index is 13.2. The van der Waals surface area contributed by atoms with Crippen LogP contribution in [0.3, 0.4) is 0 Å². The zero-order valence-electron chi connectivity index (χ0n) is 16.6. The Labute approximate surface area is 174 Å². The number of hydrogen-bond donors (Lipinski definition) is 0. The second kappa shape index (κ2) is 7.14. The van der Waals surface area contributed by atoms with Gasteiger partial charge in [0.05, 0.1) is 32.2 Å². The van der Waals surface area contributed by atoms with Crippen LogP contribution >= 0.6 is 0 Å². The third-order valence-corrected chi connectivity index (χ3v) is 8.58. The summed E-state index contributed by atoms with van der Waals surface area (Å²) in [5.74, 6) is 0.670. The average Bonchev–Trinajstić information content (AvgIpc) is 3.12. The fourth-order valence-corrected chi connectivity index (χ4v) is 7.13. The fourth-order valence-electron chi connectivity index (χ4n) is 4.82. The number of nitrogens with zero attached hydrogens (tertiary/aromatic N) is 4. The highest BCUT2D eigenvalue weighted by Crippen LogP contribution is 2.46. The summed E-state index contributed by atoms with van der Waals surface area (Å²) in [5, 5.41) is -0.573. The van der Waals surface area contributed by atoms with E-state index in [9.17, 15) is 12.8 Å². The molecule has 4 heterocycles. The van der Waals surface area contributed by atoms with E-state index in [4.69, 9.17) is 9.47 Å². The van der Waals surface area contributed by atoms with Crippen molar-refractivity contribution in [2.45, 2.75) is 29.8 Å². The first-order valence-corrected chi connectivity index (χ1v) is 11.4. The molecule has 2 bridgehead atoms. The van der Waals surface area contributed by atoms with Gasteiger partial charge in [-0.25, -0.2) is 22.8 Å². The predicted molar refractivity (Wildman–Crippen MR) is 107 cm³/mol. The summed E-state index contributed by atoms with van der Waals surface area (Å²) in [6.07, 6.45) is 3.12. The van der Waals surface area contributed by atoms with Crippen LogP contribution in [0.2, 0.25) is 0 Å². The molecule has 1 aromatic heterocycles. The normalized spacial score (nSPS) is 29.7. The first-order chi connectivity index (χ1) is 14.4. The van der Waals surface area contributed by atoms with Gasteiger partial charge in [-0.2, -0.15) is 4.31 Å². The van der Waals surface area contributed by atoms with Crippen LogP contribution in [0.5, 0.6) is 5.75 Å². The van der Waals surface area contributed by atoms with E-state index in [1.54, 1.807) is 11.4 Å². The van der Waals surface area contributed by atoms with E-state index in [0.29, 0.717) is 45.0 Å². The Bertz CT molecular complexity index is 1030. The largest absolute Gasteiger partial charge is 0.497 e. The Morgan fingerprint density at radius 1 is 1.23 bits per heavy atom. The highest BCUT2D eigenvalue weighted by atomic mass is 32.2. The van der Waals surface area contributed by atoms with Crippen molar-refractivity contribution in [1.29, 1.82) is 0 Å². The van der Waals surface area contributed by atoms with Crippen LogP contribution in [0.15, 0.2) is 36.7 Å². The summed E-state index contributed by atoms with van der Waals surface area (Å²) < 4.78 is 52.6. The molecule has 0 saturated carbocycles. The SMILES string of the molecule is COc1ccc(CCN2C[C@]34CN(c5ncc(F)cn5)C[C@@H](C[C@H]3S2(=O)=O)O4)cc1. The third-order valence-electron chi connectivity index (χ3n) is 6.21. The van der Waals surface area contributed by atoms with Crippen LogP contribution in [-0.4, -0.2) is 72.9 Å². The standard InChI is InChI=1S/C20H23FN4O4S/c1-28-16-4-2-14(3-5-16)6-7-25-13-20-12-24(19-22-9-15(21)10-23-19)11-17(29-20)8-18(20)30(25,26)27/h2-5,9-10,17-18H,6-8,11-13H2,1H3/t17-,18-,20-/m1/s1. The molecule has 1 aromatic carbocycles. The van der Waals surface area contributed by atoms with E-state index in [1.807, 2.05) is 29.2 Å². The van der Waals surface area contributed by atoms with Gasteiger partial charge in [-0.1, -0.05) is 12.1 Å². The number of rotatable bonds is 5. The summed E-state index contributed by atoms with van der Waals surface area (Å²) in [6.45, 7) is 1.58. The van der Waals surface area contributed by atoms with Crippen LogP contribution in [0.25, 0.3) is 0 Å². The minimum absolute atomic E-state index is 0.198. The van der Waals surface area contributed by atoms with E-state index in [1.165, 1.54) is 0 Å². The van der Waals surface area contributed by atoms with Crippen molar-refractivity contribution in [3.63, 3.8) is 0 Å². The summed E-state index contributed by atoms with van der Waals surface area (Å²) in [7, 11) is -1.85. The molecular weight excluding hydrogens is 411 g/mol. The second-order valence-corrected chi connectivity index (χ2v) is 10.2. The number of morpholine rings is 1. The van der Waals surface area contributed by atoms with Crippen molar-refractivity contribution in [2.24, 2.45) is 0 Å². The van der Waals surface area contributed by atoms with Gasteiger partial charge in [0.2, 0.25) is 16.0 Å². The zero-order valence-corrected chi connectivity index (χ0v) is 17.4. The van der Waals surface area contributed by atoms with Crippen molar-refractivity contribution >= 4 is 16.0 Å². The van der Waals surface area contributed by atoms with E-state index in [2.05, 4.69) is 9.97 Å². The molecule has 3 fully saturated rings. The van der Waals surface area contributed by atoms with Gasteiger partial charge in [0.25, 0.3) is 0 Å². The third kappa shape index (κ3) is 3.23. The lowest BCUT2D eigenvalue weighted by Gasteiger charge is -2.39. The summed E-state index contributed by atoms with van der Waals surface area (Å²) >= 11 is 0. The zero-order chi connectivity index (χ0) is 20.9. The Morgan fingerprint density at radius 2 is 1.97 bits per heavy atom. The molecule has 3 saturated heterocycles. The van der Waals surface area contributed by atoms with Crippen LogP contribution in [0.1, 0.15) is 12.0 Å². The van der Waals surface area contributed by atoms with Crippen molar-refractivity contribution in [2.75, 3.05) is 38.2 Å². The van der Waals surface area contributed by atoms with Gasteiger partial charge in [-0.15, -0.1) is 0 Å². The lowest BCUT2D eigenvalue weighted by molar-refractivity contribution is -0.0529. The Morgan fingerprint density at radius 3 is 2.67 bits per heavy atom. The molecule has 10 heteroatoms. The maximum Gasteiger partial charge on any atom is 0.225 e. The molecule has 8 nitrogen and oxygen atoms in total. The molecule has 0 aliphatic carbocycles. The first-order valence-electron chi connectivity index (χ1n) is 9.92. The smallest absolute Gasteiger partial charge is 0.225 e. The summed E-state index contributed by atoms with van der Waals surface area (Å²) in [4.78, 5) is 10.0.